The summed E-state index contributed by atoms with van der Waals surface area (Å²) in [5.74, 6) is -0.0539. The average molecular weight is 313 g/mol. The summed E-state index contributed by atoms with van der Waals surface area (Å²) in [7, 11) is 2.40. The first-order chi connectivity index (χ1) is 8.10. The van der Waals surface area contributed by atoms with Gasteiger partial charge in [-0.3, -0.25) is 9.25 Å². The van der Waals surface area contributed by atoms with E-state index in [-0.39, 0.29) is 5.78 Å². The van der Waals surface area contributed by atoms with E-state index in [1.54, 1.807) is 18.3 Å². The highest BCUT2D eigenvalue weighted by molar-refractivity contribution is 9.10. The van der Waals surface area contributed by atoms with Crippen LogP contribution in [0.15, 0.2) is 46.8 Å². The number of rotatable bonds is 4. The lowest BCUT2D eigenvalue weighted by molar-refractivity contribution is 0.103. The largest absolute Gasteiger partial charge is 0.288 e. The summed E-state index contributed by atoms with van der Waals surface area (Å²) in [6.45, 7) is 3.79. The van der Waals surface area contributed by atoms with Gasteiger partial charge >= 0.3 is 0 Å². The number of Topliss-reactive ketones (excluding diaryl/α,β-unsaturated/α-hetero) is 1. The standard InChI is InChI=1S/C12H14BrN2OP/c1-3-5-7-9(6-4-2)11(16)10-8-15(17)14-12(10)13/h3-8H,17H2,1-2H3/b5-3-,6-4-,9-7+. The van der Waals surface area contributed by atoms with Crippen LogP contribution in [-0.2, 0) is 0 Å². The molecule has 0 amide bonds. The van der Waals surface area contributed by atoms with Crippen molar-refractivity contribution in [2.24, 2.45) is 0 Å². The van der Waals surface area contributed by atoms with Crippen LogP contribution in [0.1, 0.15) is 24.2 Å². The zero-order valence-electron chi connectivity index (χ0n) is 9.72. The smallest absolute Gasteiger partial charge is 0.197 e. The van der Waals surface area contributed by atoms with Crippen LogP contribution in [0, 0.1) is 0 Å². The Morgan fingerprint density at radius 3 is 2.65 bits per heavy atom. The van der Waals surface area contributed by atoms with Crippen LogP contribution in [0.4, 0.5) is 0 Å². The van der Waals surface area contributed by atoms with Crippen molar-refractivity contribution in [3.8, 4) is 0 Å². The Morgan fingerprint density at radius 1 is 1.47 bits per heavy atom. The highest BCUT2D eigenvalue weighted by atomic mass is 79.9. The van der Waals surface area contributed by atoms with Gasteiger partial charge < -0.3 is 0 Å². The molecule has 0 aliphatic carbocycles. The van der Waals surface area contributed by atoms with Gasteiger partial charge in [-0.05, 0) is 39.2 Å². The van der Waals surface area contributed by atoms with Crippen molar-refractivity contribution in [2.75, 3.05) is 0 Å². The normalized spacial score (nSPS) is 12.8. The van der Waals surface area contributed by atoms with Crippen LogP contribution in [0.3, 0.4) is 0 Å². The summed E-state index contributed by atoms with van der Waals surface area (Å²) >= 11 is 3.27. The molecule has 0 spiro atoms. The Kier molecular flexibility index (Phi) is 5.52. The third-order valence-electron chi connectivity index (χ3n) is 2.01. The predicted molar refractivity (Wildman–Crippen MR) is 77.1 cm³/mol. The molecule has 3 nitrogen and oxygen atoms in total. The van der Waals surface area contributed by atoms with Crippen molar-refractivity contribution >= 4 is 31.1 Å². The topological polar surface area (TPSA) is 34.9 Å². The summed E-state index contributed by atoms with van der Waals surface area (Å²) in [6.07, 6.45) is 10.8. The molecule has 0 radical (unpaired) electrons. The monoisotopic (exact) mass is 312 g/mol. The second kappa shape index (κ2) is 6.67. The van der Waals surface area contributed by atoms with Gasteiger partial charge in [-0.15, -0.1) is 0 Å². The predicted octanol–water partition coefficient (Wildman–Crippen LogP) is 3.55. The van der Waals surface area contributed by atoms with Crippen LogP contribution in [0.25, 0.3) is 0 Å². The van der Waals surface area contributed by atoms with Crippen LogP contribution in [-0.4, -0.2) is 15.3 Å². The van der Waals surface area contributed by atoms with E-state index in [0.717, 1.165) is 0 Å². The van der Waals surface area contributed by atoms with E-state index in [0.29, 0.717) is 15.7 Å². The van der Waals surface area contributed by atoms with Gasteiger partial charge in [0.1, 0.15) is 4.60 Å². The fourth-order valence-corrected chi connectivity index (χ4v) is 2.16. The summed E-state index contributed by atoms with van der Waals surface area (Å²) in [4.78, 5) is 12.2. The van der Waals surface area contributed by atoms with Crippen LogP contribution < -0.4 is 0 Å². The minimum absolute atomic E-state index is 0.0539. The van der Waals surface area contributed by atoms with Gasteiger partial charge in [-0.25, -0.2) is 0 Å². The first kappa shape index (κ1) is 14.1. The molecule has 0 saturated heterocycles. The Hall–Kier alpha value is -0.990. The number of halogens is 1. The number of nitrogens with zero attached hydrogens (tertiary/aromatic N) is 2. The molecule has 0 aromatic carbocycles. The maximum Gasteiger partial charge on any atom is 0.197 e. The molecule has 17 heavy (non-hydrogen) atoms. The third-order valence-corrected chi connectivity index (χ3v) is 2.86. The Bertz CT molecular complexity index is 501. The molecule has 0 N–H and O–H groups in total. The fourth-order valence-electron chi connectivity index (χ4n) is 1.26. The number of hydrogen-bond donors (Lipinski definition) is 0. The van der Waals surface area contributed by atoms with Crippen molar-refractivity contribution in [1.82, 2.24) is 9.55 Å². The molecular weight excluding hydrogens is 299 g/mol. The van der Waals surface area contributed by atoms with E-state index < -0.39 is 0 Å². The van der Waals surface area contributed by atoms with Crippen molar-refractivity contribution < 1.29 is 4.79 Å². The van der Waals surface area contributed by atoms with Gasteiger partial charge in [0.25, 0.3) is 0 Å². The van der Waals surface area contributed by atoms with Crippen LogP contribution in [0.2, 0.25) is 0 Å². The SMILES string of the molecule is C\C=C/C=C(\C=C/C)C(=O)c1cn(P)nc1Br. The van der Waals surface area contributed by atoms with Gasteiger partial charge in [0.2, 0.25) is 0 Å². The Morgan fingerprint density at radius 2 is 2.18 bits per heavy atom. The molecule has 0 bridgehead atoms. The number of carbonyl (C=O) groups excluding carboxylic acids is 1. The number of carbonyl (C=O) groups is 1. The maximum absolute atomic E-state index is 12.2. The highest BCUT2D eigenvalue weighted by Crippen LogP contribution is 2.20. The lowest BCUT2D eigenvalue weighted by Crippen LogP contribution is -2.01. The molecule has 1 aromatic rings. The van der Waals surface area contributed by atoms with Crippen molar-refractivity contribution in [3.63, 3.8) is 0 Å². The molecule has 0 fully saturated rings. The Labute approximate surface area is 112 Å². The molecule has 90 valence electrons. The quantitative estimate of drug-likeness (QED) is 0.369. The van der Waals surface area contributed by atoms with Crippen molar-refractivity contribution in [1.29, 1.82) is 0 Å². The van der Waals surface area contributed by atoms with Gasteiger partial charge in [-0.1, -0.05) is 30.4 Å². The minimum Gasteiger partial charge on any atom is -0.288 e. The third kappa shape index (κ3) is 3.76. The summed E-state index contributed by atoms with van der Waals surface area (Å²) in [5.41, 5.74) is 1.18. The van der Waals surface area contributed by atoms with Crippen molar-refractivity contribution in [2.45, 2.75) is 13.8 Å². The molecule has 1 aromatic heterocycles. The summed E-state index contributed by atoms with van der Waals surface area (Å²) in [6, 6.07) is 0. The van der Waals surface area contributed by atoms with Crippen molar-refractivity contribution in [3.05, 3.63) is 52.3 Å². The van der Waals surface area contributed by atoms with E-state index >= 15 is 0 Å². The molecule has 1 rings (SSSR count). The molecule has 1 unspecified atom stereocenters. The number of allylic oxidation sites excluding steroid dienone is 6. The van der Waals surface area contributed by atoms with Gasteiger partial charge in [-0.2, -0.15) is 5.10 Å². The zero-order valence-corrected chi connectivity index (χ0v) is 12.5. The molecule has 0 saturated carbocycles. The molecule has 1 atom stereocenters. The van der Waals surface area contributed by atoms with E-state index in [4.69, 9.17) is 0 Å². The number of ketones is 1. The van der Waals surface area contributed by atoms with Gasteiger partial charge in [0.05, 0.1) is 5.56 Å². The molecule has 1 heterocycles. The first-order valence-corrected chi connectivity index (χ1v) is 6.41. The minimum atomic E-state index is -0.0539. The fraction of sp³-hybridized carbons (Fsp3) is 0.167. The van der Waals surface area contributed by atoms with E-state index in [2.05, 4.69) is 30.4 Å². The van der Waals surface area contributed by atoms with Gasteiger partial charge in [0.15, 0.2) is 5.78 Å². The zero-order chi connectivity index (χ0) is 12.8. The second-order valence-electron chi connectivity index (χ2n) is 3.29. The van der Waals surface area contributed by atoms with E-state index in [1.807, 2.05) is 32.1 Å². The van der Waals surface area contributed by atoms with E-state index in [1.165, 1.54) is 4.45 Å². The average Bonchev–Trinajstić information content (AvgIpc) is 2.63. The van der Waals surface area contributed by atoms with Crippen LogP contribution >= 0.6 is 25.3 Å². The molecule has 0 aliphatic heterocycles. The number of hydrogen-bond acceptors (Lipinski definition) is 2. The van der Waals surface area contributed by atoms with E-state index in [9.17, 15) is 4.79 Å². The first-order valence-electron chi connectivity index (χ1n) is 5.10. The maximum atomic E-state index is 12.2. The molecule has 0 aliphatic rings. The van der Waals surface area contributed by atoms with Gasteiger partial charge in [0, 0.05) is 11.8 Å². The number of aromatic nitrogens is 2. The second-order valence-corrected chi connectivity index (χ2v) is 4.57. The summed E-state index contributed by atoms with van der Waals surface area (Å²) in [5, 5.41) is 4.06. The molecular formula is C12H14BrN2OP. The lowest BCUT2D eigenvalue weighted by atomic mass is 10.1. The van der Waals surface area contributed by atoms with Crippen LogP contribution in [0.5, 0.6) is 0 Å². The Balaban J connectivity index is 3.12. The molecule has 5 heteroatoms. The highest BCUT2D eigenvalue weighted by Gasteiger charge is 2.15. The lowest BCUT2D eigenvalue weighted by Gasteiger charge is -1.98. The summed E-state index contributed by atoms with van der Waals surface area (Å²) < 4.78 is 2.08.